The first-order valence-corrected chi connectivity index (χ1v) is 13.2. The van der Waals surface area contributed by atoms with Crippen molar-refractivity contribution in [3.8, 4) is 11.1 Å². The van der Waals surface area contributed by atoms with Crippen LogP contribution in [0.5, 0.6) is 0 Å². The number of fused-ring (bicyclic) bond motifs is 1. The number of carbonyl (C=O) groups excluding carboxylic acids is 2. The van der Waals surface area contributed by atoms with Gasteiger partial charge in [-0.3, -0.25) is 14.7 Å². The SMILES string of the molecule is Cc1cc(C(=O)Nc2ccc(N3CCOCC3)cc2)ccc1-c1cccc(C(=O)Nc2ccc3cn[nH]c3c2)c1. The molecule has 1 aliphatic rings. The number of benzene rings is 4. The van der Waals surface area contributed by atoms with E-state index in [0.29, 0.717) is 16.8 Å². The van der Waals surface area contributed by atoms with Gasteiger partial charge in [0.1, 0.15) is 0 Å². The molecule has 1 aromatic heterocycles. The molecule has 3 N–H and O–H groups in total. The van der Waals surface area contributed by atoms with Gasteiger partial charge in [0.15, 0.2) is 0 Å². The van der Waals surface area contributed by atoms with E-state index in [9.17, 15) is 9.59 Å². The molecule has 5 aromatic rings. The summed E-state index contributed by atoms with van der Waals surface area (Å²) in [5.74, 6) is -0.370. The minimum Gasteiger partial charge on any atom is -0.378 e. The number of H-pyrrole nitrogens is 1. The van der Waals surface area contributed by atoms with Crippen LogP contribution in [0.2, 0.25) is 0 Å². The molecule has 2 amide bonds. The summed E-state index contributed by atoms with van der Waals surface area (Å²) in [5, 5.41) is 13.9. The fraction of sp³-hybridized carbons (Fsp3) is 0.156. The summed E-state index contributed by atoms with van der Waals surface area (Å²) in [6.07, 6.45) is 1.74. The molecule has 0 aliphatic carbocycles. The van der Waals surface area contributed by atoms with E-state index >= 15 is 0 Å². The highest BCUT2D eigenvalue weighted by molar-refractivity contribution is 6.06. The van der Waals surface area contributed by atoms with Gasteiger partial charge in [0, 0.05) is 46.7 Å². The standard InChI is InChI=1S/C32H29N5O3/c1-21-17-24(32(39)34-26-8-10-28(11-9-26)37-13-15-40-16-14-37)6-12-29(21)22-3-2-4-23(18-22)31(38)35-27-7-5-25-20-33-36-30(25)19-27/h2-12,17-20H,13-16H2,1H3,(H,33,36)(H,34,39)(H,35,38). The summed E-state index contributed by atoms with van der Waals surface area (Å²) in [6.45, 7) is 5.17. The van der Waals surface area contributed by atoms with Gasteiger partial charge in [-0.2, -0.15) is 5.10 Å². The van der Waals surface area contributed by atoms with E-state index in [1.54, 1.807) is 12.3 Å². The van der Waals surface area contributed by atoms with Crippen molar-refractivity contribution in [1.82, 2.24) is 10.2 Å². The van der Waals surface area contributed by atoms with Crippen molar-refractivity contribution in [2.45, 2.75) is 6.92 Å². The van der Waals surface area contributed by atoms with Crippen LogP contribution in [0.25, 0.3) is 22.0 Å². The maximum Gasteiger partial charge on any atom is 0.255 e. The van der Waals surface area contributed by atoms with Crippen LogP contribution in [0.1, 0.15) is 26.3 Å². The number of hydrogen-bond acceptors (Lipinski definition) is 5. The molecule has 0 unspecified atom stereocenters. The highest BCUT2D eigenvalue weighted by Crippen LogP contribution is 2.27. The summed E-state index contributed by atoms with van der Waals surface area (Å²) in [5.41, 5.74) is 7.33. The summed E-state index contributed by atoms with van der Waals surface area (Å²) >= 11 is 0. The van der Waals surface area contributed by atoms with E-state index in [0.717, 1.165) is 65.3 Å². The van der Waals surface area contributed by atoms with Crippen molar-refractivity contribution in [3.63, 3.8) is 0 Å². The Balaban J connectivity index is 1.14. The Hall–Kier alpha value is -4.95. The molecule has 1 aliphatic heterocycles. The molecule has 0 spiro atoms. The van der Waals surface area contributed by atoms with E-state index in [1.165, 1.54) is 0 Å². The number of anilines is 3. The first-order valence-electron chi connectivity index (χ1n) is 13.2. The normalized spacial score (nSPS) is 13.3. The minimum atomic E-state index is -0.200. The molecule has 8 nitrogen and oxygen atoms in total. The Bertz CT molecular complexity index is 1690. The topological polar surface area (TPSA) is 99.3 Å². The predicted octanol–water partition coefficient (Wildman–Crippen LogP) is 5.88. The molecule has 0 radical (unpaired) electrons. The first-order chi connectivity index (χ1) is 19.5. The monoisotopic (exact) mass is 531 g/mol. The molecule has 2 heterocycles. The average Bonchev–Trinajstić information content (AvgIpc) is 3.46. The number of carbonyl (C=O) groups is 2. The van der Waals surface area contributed by atoms with Crippen LogP contribution < -0.4 is 15.5 Å². The largest absolute Gasteiger partial charge is 0.378 e. The minimum absolute atomic E-state index is 0.170. The van der Waals surface area contributed by atoms with E-state index in [2.05, 4.69) is 25.7 Å². The lowest BCUT2D eigenvalue weighted by Crippen LogP contribution is -2.36. The summed E-state index contributed by atoms with van der Waals surface area (Å²) in [7, 11) is 0. The van der Waals surface area contributed by atoms with Crippen LogP contribution in [0, 0.1) is 6.92 Å². The number of morpholine rings is 1. The fourth-order valence-corrected chi connectivity index (χ4v) is 4.96. The summed E-state index contributed by atoms with van der Waals surface area (Å²) in [6, 6.07) is 26.6. The zero-order chi connectivity index (χ0) is 27.5. The van der Waals surface area contributed by atoms with Crippen molar-refractivity contribution in [3.05, 3.63) is 108 Å². The van der Waals surface area contributed by atoms with E-state index in [4.69, 9.17) is 4.74 Å². The number of rotatable bonds is 6. The molecule has 200 valence electrons. The number of nitrogens with one attached hydrogen (secondary N) is 3. The van der Waals surface area contributed by atoms with Crippen LogP contribution >= 0.6 is 0 Å². The molecular weight excluding hydrogens is 502 g/mol. The van der Waals surface area contributed by atoms with Crippen LogP contribution in [0.3, 0.4) is 0 Å². The quantitative estimate of drug-likeness (QED) is 0.254. The van der Waals surface area contributed by atoms with Crippen molar-refractivity contribution in [1.29, 1.82) is 0 Å². The molecule has 4 aromatic carbocycles. The maximum atomic E-state index is 13.0. The van der Waals surface area contributed by atoms with Gasteiger partial charge in [0.05, 0.1) is 24.9 Å². The molecule has 0 atom stereocenters. The lowest BCUT2D eigenvalue weighted by Gasteiger charge is -2.28. The Morgan fingerprint density at radius 1 is 0.825 bits per heavy atom. The van der Waals surface area contributed by atoms with Gasteiger partial charge in [-0.15, -0.1) is 0 Å². The van der Waals surface area contributed by atoms with Crippen molar-refractivity contribution in [2.24, 2.45) is 0 Å². The predicted molar refractivity (Wildman–Crippen MR) is 158 cm³/mol. The zero-order valence-corrected chi connectivity index (χ0v) is 22.1. The Morgan fingerprint density at radius 3 is 2.33 bits per heavy atom. The molecule has 0 saturated carbocycles. The molecular formula is C32H29N5O3. The van der Waals surface area contributed by atoms with Gasteiger partial charge in [0.25, 0.3) is 11.8 Å². The van der Waals surface area contributed by atoms with Gasteiger partial charge in [-0.25, -0.2) is 0 Å². The molecule has 6 rings (SSSR count). The zero-order valence-electron chi connectivity index (χ0n) is 22.1. The number of aromatic amines is 1. The Kier molecular flexibility index (Phi) is 6.99. The van der Waals surface area contributed by atoms with Crippen molar-refractivity contribution >= 4 is 39.8 Å². The summed E-state index contributed by atoms with van der Waals surface area (Å²) < 4.78 is 5.42. The molecule has 8 heteroatoms. The van der Waals surface area contributed by atoms with Crippen molar-refractivity contribution in [2.75, 3.05) is 41.8 Å². The number of aromatic nitrogens is 2. The highest BCUT2D eigenvalue weighted by atomic mass is 16.5. The number of aryl methyl sites for hydroxylation is 1. The van der Waals surface area contributed by atoms with E-state index in [1.807, 2.05) is 85.8 Å². The maximum absolute atomic E-state index is 13.0. The third-order valence-corrected chi connectivity index (χ3v) is 7.13. The molecule has 0 bridgehead atoms. The van der Waals surface area contributed by atoms with E-state index < -0.39 is 0 Å². The van der Waals surface area contributed by atoms with Crippen LogP contribution in [0.15, 0.2) is 91.1 Å². The van der Waals surface area contributed by atoms with Crippen LogP contribution in [-0.4, -0.2) is 48.3 Å². The number of amides is 2. The fourth-order valence-electron chi connectivity index (χ4n) is 4.96. The lowest BCUT2D eigenvalue weighted by atomic mass is 9.96. The van der Waals surface area contributed by atoms with Gasteiger partial charge in [-0.05, 0) is 90.3 Å². The van der Waals surface area contributed by atoms with Crippen molar-refractivity contribution < 1.29 is 14.3 Å². The second kappa shape index (κ2) is 11.0. The Morgan fingerprint density at radius 2 is 1.55 bits per heavy atom. The van der Waals surface area contributed by atoms with Crippen LogP contribution in [0.4, 0.5) is 17.1 Å². The Labute approximate surface area is 232 Å². The first kappa shape index (κ1) is 25.3. The lowest BCUT2D eigenvalue weighted by molar-refractivity contribution is 0.101. The number of ether oxygens (including phenoxy) is 1. The van der Waals surface area contributed by atoms with Gasteiger partial charge in [0.2, 0.25) is 0 Å². The highest BCUT2D eigenvalue weighted by Gasteiger charge is 2.14. The van der Waals surface area contributed by atoms with Gasteiger partial charge in [-0.1, -0.05) is 18.2 Å². The number of nitrogens with zero attached hydrogens (tertiary/aromatic N) is 2. The number of hydrogen-bond donors (Lipinski definition) is 3. The van der Waals surface area contributed by atoms with Gasteiger partial charge < -0.3 is 20.3 Å². The average molecular weight is 532 g/mol. The third-order valence-electron chi connectivity index (χ3n) is 7.13. The molecule has 1 saturated heterocycles. The second-order valence-corrected chi connectivity index (χ2v) is 9.84. The summed E-state index contributed by atoms with van der Waals surface area (Å²) in [4.78, 5) is 28.2. The molecule has 40 heavy (non-hydrogen) atoms. The van der Waals surface area contributed by atoms with Crippen LogP contribution in [-0.2, 0) is 4.74 Å². The van der Waals surface area contributed by atoms with Gasteiger partial charge >= 0.3 is 0 Å². The van der Waals surface area contributed by atoms with E-state index in [-0.39, 0.29) is 11.8 Å². The second-order valence-electron chi connectivity index (χ2n) is 9.84. The molecule has 1 fully saturated rings. The smallest absolute Gasteiger partial charge is 0.255 e. The third kappa shape index (κ3) is 5.43.